The van der Waals surface area contributed by atoms with Crippen molar-refractivity contribution in [3.8, 4) is 11.1 Å². The SMILES string of the molecule is COC(=O)[C@H](CC(C)C)NCC(C)(C)NC(=O)OCC1c2ccccc2-c2ccccc21. The molecule has 6 nitrogen and oxygen atoms in total. The maximum atomic E-state index is 12.6. The standard InChI is InChI=1S/C26H34N2O4/c1-17(2)14-23(24(29)31-5)27-16-26(3,4)28-25(30)32-15-22-20-12-8-6-10-18(20)19-11-7-9-13-21(19)22/h6-13,17,22-23,27H,14-16H2,1-5H3,(H,28,30)/t23-/m0/s1. The van der Waals surface area contributed by atoms with Gasteiger partial charge in [0.1, 0.15) is 12.6 Å². The lowest BCUT2D eigenvalue weighted by atomic mass is 9.98. The topological polar surface area (TPSA) is 76.7 Å². The summed E-state index contributed by atoms with van der Waals surface area (Å²) in [7, 11) is 1.39. The van der Waals surface area contributed by atoms with Crippen molar-refractivity contribution >= 4 is 12.1 Å². The average molecular weight is 439 g/mol. The number of hydrogen-bond acceptors (Lipinski definition) is 5. The number of methoxy groups -OCH3 is 1. The molecule has 1 aliphatic carbocycles. The number of ether oxygens (including phenoxy) is 2. The van der Waals surface area contributed by atoms with Gasteiger partial charge in [-0.15, -0.1) is 0 Å². The number of nitrogens with one attached hydrogen (secondary N) is 2. The zero-order chi connectivity index (χ0) is 23.3. The Morgan fingerprint density at radius 3 is 2.09 bits per heavy atom. The van der Waals surface area contributed by atoms with Crippen LogP contribution in [0.25, 0.3) is 11.1 Å². The smallest absolute Gasteiger partial charge is 0.407 e. The van der Waals surface area contributed by atoms with E-state index >= 15 is 0 Å². The summed E-state index contributed by atoms with van der Waals surface area (Å²) in [4.78, 5) is 24.6. The molecule has 0 spiro atoms. The van der Waals surface area contributed by atoms with Crippen LogP contribution in [-0.4, -0.2) is 43.9 Å². The van der Waals surface area contributed by atoms with Crippen LogP contribution in [0.3, 0.4) is 0 Å². The fourth-order valence-electron chi connectivity index (χ4n) is 4.21. The first-order valence-electron chi connectivity index (χ1n) is 11.2. The molecule has 32 heavy (non-hydrogen) atoms. The van der Waals surface area contributed by atoms with E-state index in [0.29, 0.717) is 18.9 Å². The molecular weight excluding hydrogens is 404 g/mol. The first-order chi connectivity index (χ1) is 15.2. The summed E-state index contributed by atoms with van der Waals surface area (Å²) >= 11 is 0. The van der Waals surface area contributed by atoms with Crippen LogP contribution in [0.4, 0.5) is 4.79 Å². The van der Waals surface area contributed by atoms with E-state index < -0.39 is 17.7 Å². The van der Waals surface area contributed by atoms with E-state index in [1.807, 2.05) is 38.1 Å². The van der Waals surface area contributed by atoms with Gasteiger partial charge < -0.3 is 20.1 Å². The van der Waals surface area contributed by atoms with Crippen molar-refractivity contribution in [2.24, 2.45) is 5.92 Å². The highest BCUT2D eigenvalue weighted by molar-refractivity contribution is 5.79. The third-order valence-electron chi connectivity index (χ3n) is 5.77. The van der Waals surface area contributed by atoms with Crippen LogP contribution in [0.1, 0.15) is 51.2 Å². The predicted molar refractivity (Wildman–Crippen MR) is 126 cm³/mol. The van der Waals surface area contributed by atoms with E-state index in [1.54, 1.807) is 0 Å². The lowest BCUT2D eigenvalue weighted by Gasteiger charge is -2.29. The van der Waals surface area contributed by atoms with Gasteiger partial charge in [0.25, 0.3) is 0 Å². The molecule has 0 saturated carbocycles. The van der Waals surface area contributed by atoms with E-state index in [0.717, 1.165) is 0 Å². The summed E-state index contributed by atoms with van der Waals surface area (Å²) in [6.07, 6.45) is 0.186. The van der Waals surface area contributed by atoms with Gasteiger partial charge >= 0.3 is 12.1 Å². The van der Waals surface area contributed by atoms with Gasteiger partial charge in [0, 0.05) is 12.5 Å². The Morgan fingerprint density at radius 1 is 1.00 bits per heavy atom. The Hall–Kier alpha value is -2.86. The number of rotatable bonds is 9. The first-order valence-corrected chi connectivity index (χ1v) is 11.2. The van der Waals surface area contributed by atoms with Crippen LogP contribution in [-0.2, 0) is 14.3 Å². The zero-order valence-corrected chi connectivity index (χ0v) is 19.6. The molecule has 2 aromatic carbocycles. The van der Waals surface area contributed by atoms with Crippen LogP contribution in [0.15, 0.2) is 48.5 Å². The van der Waals surface area contributed by atoms with E-state index in [9.17, 15) is 9.59 Å². The lowest BCUT2D eigenvalue weighted by molar-refractivity contribution is -0.143. The molecule has 2 N–H and O–H groups in total. The molecule has 0 aliphatic heterocycles. The molecule has 0 heterocycles. The van der Waals surface area contributed by atoms with E-state index in [1.165, 1.54) is 29.4 Å². The Bertz CT molecular complexity index is 909. The monoisotopic (exact) mass is 438 g/mol. The normalized spacial score (nSPS) is 13.9. The molecule has 1 atom stereocenters. The number of fused-ring (bicyclic) bond motifs is 3. The predicted octanol–water partition coefficient (Wildman–Crippen LogP) is 4.48. The van der Waals surface area contributed by atoms with Gasteiger partial charge in [0.2, 0.25) is 0 Å². The summed E-state index contributed by atoms with van der Waals surface area (Å²) in [5.41, 5.74) is 4.14. The summed E-state index contributed by atoms with van der Waals surface area (Å²) in [5, 5.41) is 6.14. The van der Waals surface area contributed by atoms with Crippen LogP contribution < -0.4 is 10.6 Å². The quantitative estimate of drug-likeness (QED) is 0.565. The van der Waals surface area contributed by atoms with E-state index in [4.69, 9.17) is 9.47 Å². The van der Waals surface area contributed by atoms with Crippen LogP contribution in [0, 0.1) is 5.92 Å². The minimum Gasteiger partial charge on any atom is -0.468 e. The van der Waals surface area contributed by atoms with Gasteiger partial charge in [-0.25, -0.2) is 4.79 Å². The second-order valence-corrected chi connectivity index (χ2v) is 9.42. The zero-order valence-electron chi connectivity index (χ0n) is 19.6. The van der Waals surface area contributed by atoms with Gasteiger partial charge in [-0.05, 0) is 48.4 Å². The molecule has 1 amide bonds. The maximum Gasteiger partial charge on any atom is 0.407 e. The Morgan fingerprint density at radius 2 is 1.56 bits per heavy atom. The summed E-state index contributed by atoms with van der Waals surface area (Å²) in [6.45, 7) is 8.57. The summed E-state index contributed by atoms with van der Waals surface area (Å²) in [6, 6.07) is 16.1. The van der Waals surface area contributed by atoms with Crippen molar-refractivity contribution in [3.63, 3.8) is 0 Å². The molecule has 2 aromatic rings. The minimum atomic E-state index is -0.605. The second-order valence-electron chi connectivity index (χ2n) is 9.42. The Labute approximate surface area is 190 Å². The number of alkyl carbamates (subject to hydrolysis) is 1. The molecule has 172 valence electrons. The largest absolute Gasteiger partial charge is 0.468 e. The van der Waals surface area contributed by atoms with Crippen molar-refractivity contribution in [3.05, 3.63) is 59.7 Å². The minimum absolute atomic E-state index is 0.0177. The molecule has 0 unspecified atom stereocenters. The van der Waals surface area contributed by atoms with Crippen molar-refractivity contribution in [1.29, 1.82) is 0 Å². The Balaban J connectivity index is 1.58. The summed E-state index contributed by atoms with van der Waals surface area (Å²) in [5.74, 6) is 0.0598. The number of carbonyl (C=O) groups excluding carboxylic acids is 2. The molecule has 1 aliphatic rings. The second kappa shape index (κ2) is 10.2. The van der Waals surface area contributed by atoms with Gasteiger partial charge in [-0.2, -0.15) is 0 Å². The Kier molecular flexibility index (Phi) is 7.56. The molecule has 0 bridgehead atoms. The third-order valence-corrected chi connectivity index (χ3v) is 5.77. The third kappa shape index (κ3) is 5.68. The first kappa shape index (κ1) is 23.8. The van der Waals surface area contributed by atoms with Crippen molar-refractivity contribution in [2.75, 3.05) is 20.3 Å². The molecular formula is C26H34N2O4. The van der Waals surface area contributed by atoms with Gasteiger partial charge in [0.05, 0.1) is 12.6 Å². The molecule has 0 fully saturated rings. The molecule has 0 aromatic heterocycles. The number of esters is 1. The van der Waals surface area contributed by atoms with Crippen molar-refractivity contribution < 1.29 is 19.1 Å². The van der Waals surface area contributed by atoms with Gasteiger partial charge in [0.15, 0.2) is 0 Å². The molecule has 0 radical (unpaired) electrons. The van der Waals surface area contributed by atoms with Crippen LogP contribution in [0.5, 0.6) is 0 Å². The van der Waals surface area contributed by atoms with Crippen molar-refractivity contribution in [1.82, 2.24) is 10.6 Å². The maximum absolute atomic E-state index is 12.6. The highest BCUT2D eigenvalue weighted by Gasteiger charge is 2.30. The number of hydrogen-bond donors (Lipinski definition) is 2. The van der Waals surface area contributed by atoms with Crippen LogP contribution in [0.2, 0.25) is 0 Å². The van der Waals surface area contributed by atoms with Gasteiger partial charge in [-0.1, -0.05) is 62.4 Å². The highest BCUT2D eigenvalue weighted by atomic mass is 16.5. The molecule has 6 heteroatoms. The highest BCUT2D eigenvalue weighted by Crippen LogP contribution is 2.44. The summed E-state index contributed by atoms with van der Waals surface area (Å²) < 4.78 is 10.5. The van der Waals surface area contributed by atoms with E-state index in [2.05, 4.69) is 48.7 Å². The fraction of sp³-hybridized carbons (Fsp3) is 0.462. The van der Waals surface area contributed by atoms with Crippen molar-refractivity contribution in [2.45, 2.75) is 51.6 Å². The molecule has 3 rings (SSSR count). The van der Waals surface area contributed by atoms with E-state index in [-0.39, 0.29) is 18.5 Å². The number of amides is 1. The number of carbonyl (C=O) groups is 2. The van der Waals surface area contributed by atoms with Gasteiger partial charge in [-0.3, -0.25) is 4.79 Å². The number of benzene rings is 2. The lowest BCUT2D eigenvalue weighted by Crippen LogP contribution is -2.54. The average Bonchev–Trinajstić information content (AvgIpc) is 3.08. The molecule has 0 saturated heterocycles. The fourth-order valence-corrected chi connectivity index (χ4v) is 4.21. The van der Waals surface area contributed by atoms with Crippen LogP contribution >= 0.6 is 0 Å².